The minimum atomic E-state index is 0.582. The van der Waals surface area contributed by atoms with Crippen LogP contribution >= 0.6 is 11.6 Å². The molecule has 1 rings (SSSR count). The van der Waals surface area contributed by atoms with Gasteiger partial charge in [-0.3, -0.25) is 0 Å². The maximum Gasteiger partial charge on any atom is 0.0443 e. The summed E-state index contributed by atoms with van der Waals surface area (Å²) in [5.41, 5.74) is 2.52. The second kappa shape index (κ2) is 4.66. The second-order valence-corrected chi connectivity index (χ2v) is 4.12. The largest absolute Gasteiger partial charge is 0.0840 e. The van der Waals surface area contributed by atoms with E-state index in [4.69, 9.17) is 11.6 Å². The molecule has 0 N–H and O–H groups in total. The third-order valence-corrected chi connectivity index (χ3v) is 2.74. The van der Waals surface area contributed by atoms with E-state index in [1.165, 1.54) is 24.0 Å². The molecule has 0 bridgehead atoms. The van der Waals surface area contributed by atoms with Crippen LogP contribution in [0.15, 0.2) is 18.2 Å². The SMILES string of the molecule is CCCC(C)c1ccc(C)cc1Cl. The van der Waals surface area contributed by atoms with Gasteiger partial charge >= 0.3 is 0 Å². The average molecular weight is 197 g/mol. The van der Waals surface area contributed by atoms with E-state index in [0.29, 0.717) is 5.92 Å². The van der Waals surface area contributed by atoms with Crippen molar-refractivity contribution in [3.05, 3.63) is 34.3 Å². The molecule has 0 heterocycles. The highest BCUT2D eigenvalue weighted by molar-refractivity contribution is 6.31. The zero-order chi connectivity index (χ0) is 9.84. The minimum absolute atomic E-state index is 0.582. The van der Waals surface area contributed by atoms with E-state index in [2.05, 4.69) is 32.9 Å². The predicted molar refractivity (Wildman–Crippen MR) is 59.5 cm³/mol. The summed E-state index contributed by atoms with van der Waals surface area (Å²) in [6.45, 7) is 6.51. The fourth-order valence-electron chi connectivity index (χ4n) is 1.62. The molecule has 0 nitrogen and oxygen atoms in total. The normalized spacial score (nSPS) is 12.9. The Morgan fingerprint density at radius 2 is 2.08 bits per heavy atom. The number of aryl methyl sites for hydroxylation is 1. The van der Waals surface area contributed by atoms with Crippen molar-refractivity contribution in [2.45, 2.75) is 39.5 Å². The lowest BCUT2D eigenvalue weighted by atomic mass is 9.96. The van der Waals surface area contributed by atoms with Crippen molar-refractivity contribution in [2.24, 2.45) is 0 Å². The van der Waals surface area contributed by atoms with Gasteiger partial charge in [0.15, 0.2) is 0 Å². The lowest BCUT2D eigenvalue weighted by molar-refractivity contribution is 0.665. The molecule has 0 fully saturated rings. The van der Waals surface area contributed by atoms with Gasteiger partial charge in [-0.2, -0.15) is 0 Å². The molecule has 0 spiro atoms. The number of benzene rings is 1. The lowest BCUT2D eigenvalue weighted by Gasteiger charge is -2.12. The lowest BCUT2D eigenvalue weighted by Crippen LogP contribution is -1.94. The summed E-state index contributed by atoms with van der Waals surface area (Å²) < 4.78 is 0. The van der Waals surface area contributed by atoms with Crippen LogP contribution in [0.3, 0.4) is 0 Å². The molecular formula is C12H17Cl. The summed E-state index contributed by atoms with van der Waals surface area (Å²) in [5, 5.41) is 0.918. The number of hydrogen-bond acceptors (Lipinski definition) is 0. The molecule has 0 radical (unpaired) electrons. The molecule has 0 aliphatic rings. The molecule has 0 saturated heterocycles. The van der Waals surface area contributed by atoms with Crippen molar-refractivity contribution in [1.29, 1.82) is 0 Å². The molecule has 0 saturated carbocycles. The zero-order valence-corrected chi connectivity index (χ0v) is 9.36. The molecule has 0 aromatic heterocycles. The van der Waals surface area contributed by atoms with Crippen LogP contribution in [0.5, 0.6) is 0 Å². The highest BCUT2D eigenvalue weighted by Gasteiger charge is 2.07. The Balaban J connectivity index is 2.88. The van der Waals surface area contributed by atoms with E-state index in [0.717, 1.165) is 5.02 Å². The van der Waals surface area contributed by atoms with Crippen molar-refractivity contribution in [3.63, 3.8) is 0 Å². The standard InChI is InChI=1S/C12H17Cl/c1-4-5-10(3)11-7-6-9(2)8-12(11)13/h6-8,10H,4-5H2,1-3H3. The number of halogens is 1. The first-order valence-electron chi connectivity index (χ1n) is 4.91. The molecule has 1 heteroatoms. The quantitative estimate of drug-likeness (QED) is 0.665. The van der Waals surface area contributed by atoms with Gasteiger partial charge in [-0.1, -0.05) is 44.0 Å². The number of rotatable bonds is 3. The molecule has 0 amide bonds. The molecule has 0 aliphatic carbocycles. The van der Waals surface area contributed by atoms with E-state index in [9.17, 15) is 0 Å². The van der Waals surface area contributed by atoms with Crippen molar-refractivity contribution >= 4 is 11.6 Å². The molecule has 1 atom stereocenters. The average Bonchev–Trinajstić information content (AvgIpc) is 2.04. The van der Waals surface area contributed by atoms with Crippen LogP contribution in [-0.4, -0.2) is 0 Å². The zero-order valence-electron chi connectivity index (χ0n) is 8.60. The van der Waals surface area contributed by atoms with Gasteiger partial charge in [0.25, 0.3) is 0 Å². The van der Waals surface area contributed by atoms with Crippen molar-refractivity contribution in [2.75, 3.05) is 0 Å². The molecule has 72 valence electrons. The molecule has 1 aromatic rings. The fraction of sp³-hybridized carbons (Fsp3) is 0.500. The Bertz CT molecular complexity index is 278. The molecule has 0 aliphatic heterocycles. The van der Waals surface area contributed by atoms with Gasteiger partial charge < -0.3 is 0 Å². The van der Waals surface area contributed by atoms with Gasteiger partial charge in [0, 0.05) is 5.02 Å². The van der Waals surface area contributed by atoms with Gasteiger partial charge in [-0.05, 0) is 36.5 Å². The first-order chi connectivity index (χ1) is 6.15. The topological polar surface area (TPSA) is 0 Å². The van der Waals surface area contributed by atoms with Gasteiger partial charge in [-0.15, -0.1) is 0 Å². The Morgan fingerprint density at radius 1 is 1.38 bits per heavy atom. The van der Waals surface area contributed by atoms with Crippen molar-refractivity contribution < 1.29 is 0 Å². The molecule has 1 unspecified atom stereocenters. The monoisotopic (exact) mass is 196 g/mol. The highest BCUT2D eigenvalue weighted by Crippen LogP contribution is 2.28. The predicted octanol–water partition coefficient (Wildman–Crippen LogP) is 4.55. The summed E-state index contributed by atoms with van der Waals surface area (Å²) in [6, 6.07) is 6.33. The Labute approximate surface area is 85.9 Å². The number of hydrogen-bond donors (Lipinski definition) is 0. The van der Waals surface area contributed by atoms with E-state index in [1.807, 2.05) is 6.07 Å². The summed E-state index contributed by atoms with van der Waals surface area (Å²) in [4.78, 5) is 0. The van der Waals surface area contributed by atoms with E-state index in [1.54, 1.807) is 0 Å². The van der Waals surface area contributed by atoms with E-state index < -0.39 is 0 Å². The molecular weight excluding hydrogens is 180 g/mol. The van der Waals surface area contributed by atoms with Crippen LogP contribution in [0.4, 0.5) is 0 Å². The van der Waals surface area contributed by atoms with E-state index >= 15 is 0 Å². The Kier molecular flexibility index (Phi) is 3.80. The molecule has 1 aromatic carbocycles. The van der Waals surface area contributed by atoms with Crippen LogP contribution in [0.25, 0.3) is 0 Å². The maximum atomic E-state index is 6.16. The van der Waals surface area contributed by atoms with Crippen LogP contribution in [-0.2, 0) is 0 Å². The Morgan fingerprint density at radius 3 is 2.62 bits per heavy atom. The Hall–Kier alpha value is -0.490. The van der Waals surface area contributed by atoms with Gasteiger partial charge in [0.1, 0.15) is 0 Å². The summed E-state index contributed by atoms with van der Waals surface area (Å²) in [7, 11) is 0. The first-order valence-corrected chi connectivity index (χ1v) is 5.29. The summed E-state index contributed by atoms with van der Waals surface area (Å²) in [6.07, 6.45) is 2.42. The van der Waals surface area contributed by atoms with Crippen LogP contribution < -0.4 is 0 Å². The third kappa shape index (κ3) is 2.73. The smallest absolute Gasteiger partial charge is 0.0443 e. The van der Waals surface area contributed by atoms with E-state index in [-0.39, 0.29) is 0 Å². The third-order valence-electron chi connectivity index (χ3n) is 2.41. The maximum absolute atomic E-state index is 6.16. The van der Waals surface area contributed by atoms with Crippen LogP contribution in [0.2, 0.25) is 5.02 Å². The summed E-state index contributed by atoms with van der Waals surface area (Å²) in [5.74, 6) is 0.582. The van der Waals surface area contributed by atoms with Crippen LogP contribution in [0, 0.1) is 6.92 Å². The molecule has 13 heavy (non-hydrogen) atoms. The highest BCUT2D eigenvalue weighted by atomic mass is 35.5. The minimum Gasteiger partial charge on any atom is -0.0840 e. The van der Waals surface area contributed by atoms with Gasteiger partial charge in [0.2, 0.25) is 0 Å². The van der Waals surface area contributed by atoms with Crippen molar-refractivity contribution in [3.8, 4) is 0 Å². The fourth-order valence-corrected chi connectivity index (χ4v) is 2.04. The van der Waals surface area contributed by atoms with Crippen LogP contribution in [0.1, 0.15) is 43.7 Å². The van der Waals surface area contributed by atoms with Gasteiger partial charge in [0.05, 0.1) is 0 Å². The summed E-state index contributed by atoms with van der Waals surface area (Å²) >= 11 is 6.16. The van der Waals surface area contributed by atoms with Crippen molar-refractivity contribution in [1.82, 2.24) is 0 Å². The van der Waals surface area contributed by atoms with Gasteiger partial charge in [-0.25, -0.2) is 0 Å². The first kappa shape index (κ1) is 10.6. The second-order valence-electron chi connectivity index (χ2n) is 3.71.